The van der Waals surface area contributed by atoms with Crippen molar-refractivity contribution in [1.82, 2.24) is 9.69 Å². The van der Waals surface area contributed by atoms with Gasteiger partial charge in [0.15, 0.2) is 5.69 Å². The van der Waals surface area contributed by atoms with Gasteiger partial charge in [-0.2, -0.15) is 4.37 Å². The quantitative estimate of drug-likeness (QED) is 0.375. The zero-order valence-electron chi connectivity index (χ0n) is 20.0. The highest BCUT2D eigenvalue weighted by atomic mass is 32.1. The molecular weight excluding hydrogens is 466 g/mol. The fourth-order valence-electron chi connectivity index (χ4n) is 3.39. The van der Waals surface area contributed by atoms with Crippen molar-refractivity contribution in [2.75, 3.05) is 10.6 Å². The van der Waals surface area contributed by atoms with E-state index in [4.69, 9.17) is 11.5 Å². The molecular formula is C25H29N5O4S. The minimum atomic E-state index is -1.12. The number of carbonyl (C=O) groups excluding carboxylic acids is 3. The topological polar surface area (TPSA) is 152 Å². The van der Waals surface area contributed by atoms with Crippen LogP contribution in [0.4, 0.5) is 11.4 Å². The van der Waals surface area contributed by atoms with Gasteiger partial charge in [-0.1, -0.05) is 36.8 Å². The summed E-state index contributed by atoms with van der Waals surface area (Å²) < 4.78 is 3.95. The average Bonchev–Trinajstić information content (AvgIpc) is 3.20. The molecule has 0 radical (unpaired) electrons. The lowest BCUT2D eigenvalue weighted by molar-refractivity contribution is -0.124. The normalized spacial score (nSPS) is 12.1. The van der Waals surface area contributed by atoms with Crippen molar-refractivity contribution in [3.05, 3.63) is 70.2 Å². The van der Waals surface area contributed by atoms with Gasteiger partial charge in [0, 0.05) is 11.2 Å². The van der Waals surface area contributed by atoms with E-state index < -0.39 is 29.3 Å². The molecule has 184 valence electrons. The van der Waals surface area contributed by atoms with Crippen LogP contribution in [0.15, 0.2) is 48.5 Å². The smallest absolute Gasteiger partial charge is 0.273 e. The van der Waals surface area contributed by atoms with Crippen molar-refractivity contribution >= 4 is 40.6 Å². The number of nitrogens with one attached hydrogen (secondary N) is 1. The van der Waals surface area contributed by atoms with Crippen molar-refractivity contribution in [1.29, 1.82) is 0 Å². The molecule has 2 aromatic carbocycles. The molecule has 0 aliphatic carbocycles. The first kappa shape index (κ1) is 25.7. The first-order valence-electron chi connectivity index (χ1n) is 11.0. The largest absolute Gasteiger partial charge is 0.508 e. The molecule has 0 unspecified atom stereocenters. The second kappa shape index (κ2) is 10.1. The monoisotopic (exact) mass is 495 g/mol. The van der Waals surface area contributed by atoms with E-state index in [1.165, 1.54) is 17.0 Å². The van der Waals surface area contributed by atoms with E-state index >= 15 is 0 Å². The number of amides is 3. The summed E-state index contributed by atoms with van der Waals surface area (Å²) in [5, 5.41) is 12.8. The number of hydrogen-bond donors (Lipinski definition) is 4. The van der Waals surface area contributed by atoms with Crippen molar-refractivity contribution < 1.29 is 19.5 Å². The third-order valence-electron chi connectivity index (χ3n) is 5.75. The number of primary amides is 1. The minimum Gasteiger partial charge on any atom is -0.508 e. The van der Waals surface area contributed by atoms with Gasteiger partial charge in [-0.05, 0) is 68.6 Å². The van der Waals surface area contributed by atoms with E-state index in [0.29, 0.717) is 17.7 Å². The fourth-order valence-corrected chi connectivity index (χ4v) is 4.13. The van der Waals surface area contributed by atoms with Gasteiger partial charge in [0.2, 0.25) is 5.91 Å². The molecule has 0 saturated carbocycles. The van der Waals surface area contributed by atoms with Crippen LogP contribution in [0.5, 0.6) is 5.75 Å². The SMILES string of the molecule is CCC(C)(C)NC(=O)[C@@H](c1ccc(O)cc1)N(C(=O)c1snc(C(N)=O)c1N)c1ccc(C)cc1. The molecule has 9 nitrogen and oxygen atoms in total. The van der Waals surface area contributed by atoms with Crippen molar-refractivity contribution in [3.63, 3.8) is 0 Å². The number of anilines is 2. The first-order chi connectivity index (χ1) is 16.4. The summed E-state index contributed by atoms with van der Waals surface area (Å²) in [6, 6.07) is 12.0. The number of nitrogen functional groups attached to an aromatic ring is 1. The number of aryl methyl sites for hydroxylation is 1. The van der Waals surface area contributed by atoms with E-state index in [0.717, 1.165) is 17.1 Å². The van der Waals surface area contributed by atoms with Crippen LogP contribution < -0.4 is 21.7 Å². The summed E-state index contributed by atoms with van der Waals surface area (Å²) in [5.74, 6) is -1.86. The molecule has 3 aromatic rings. The molecule has 10 heteroatoms. The Morgan fingerprint density at radius 1 is 1.11 bits per heavy atom. The van der Waals surface area contributed by atoms with Gasteiger partial charge < -0.3 is 21.9 Å². The lowest BCUT2D eigenvalue weighted by Gasteiger charge is -2.34. The van der Waals surface area contributed by atoms with Crippen LogP contribution in [0.3, 0.4) is 0 Å². The van der Waals surface area contributed by atoms with Gasteiger partial charge in [0.05, 0.1) is 5.69 Å². The van der Waals surface area contributed by atoms with Crippen molar-refractivity contribution in [2.24, 2.45) is 5.73 Å². The zero-order chi connectivity index (χ0) is 25.9. The summed E-state index contributed by atoms with van der Waals surface area (Å²) in [6.45, 7) is 7.63. The molecule has 0 aliphatic rings. The number of nitrogens with zero attached hydrogens (tertiary/aromatic N) is 2. The highest BCUT2D eigenvalue weighted by molar-refractivity contribution is 7.09. The zero-order valence-corrected chi connectivity index (χ0v) is 20.8. The van der Waals surface area contributed by atoms with Crippen LogP contribution >= 0.6 is 11.5 Å². The van der Waals surface area contributed by atoms with E-state index in [1.807, 2.05) is 39.8 Å². The number of hydrogen-bond acceptors (Lipinski definition) is 7. The van der Waals surface area contributed by atoms with Gasteiger partial charge in [0.1, 0.15) is 16.7 Å². The van der Waals surface area contributed by atoms with Crippen LogP contribution in [0.1, 0.15) is 64.5 Å². The first-order valence-corrected chi connectivity index (χ1v) is 11.8. The molecule has 6 N–H and O–H groups in total. The molecule has 35 heavy (non-hydrogen) atoms. The Balaban J connectivity index is 2.22. The van der Waals surface area contributed by atoms with E-state index in [-0.39, 0.29) is 22.0 Å². The molecule has 1 aromatic heterocycles. The van der Waals surface area contributed by atoms with Crippen LogP contribution in [-0.4, -0.2) is 32.7 Å². The van der Waals surface area contributed by atoms with Crippen molar-refractivity contribution in [3.8, 4) is 5.75 Å². The Labute approximate surface area is 207 Å². The number of nitrogens with two attached hydrogens (primary N) is 2. The Bertz CT molecular complexity index is 1240. The van der Waals surface area contributed by atoms with Gasteiger partial charge in [-0.15, -0.1) is 0 Å². The molecule has 3 rings (SSSR count). The molecule has 1 heterocycles. The van der Waals surface area contributed by atoms with E-state index in [9.17, 15) is 19.5 Å². The lowest BCUT2D eigenvalue weighted by atomic mass is 9.98. The molecule has 0 spiro atoms. The Hall–Kier alpha value is -3.92. The van der Waals surface area contributed by atoms with E-state index in [1.54, 1.807) is 24.3 Å². The summed E-state index contributed by atoms with van der Waals surface area (Å²) in [6.07, 6.45) is 0.656. The third-order valence-corrected chi connectivity index (χ3v) is 6.60. The molecule has 0 bridgehead atoms. The number of aromatic hydroxyl groups is 1. The molecule has 0 fully saturated rings. The highest BCUT2D eigenvalue weighted by Crippen LogP contribution is 2.34. The second-order valence-corrected chi connectivity index (χ2v) is 9.64. The molecule has 0 aliphatic heterocycles. The number of phenols is 1. The number of phenolic OH excluding ortho intramolecular Hbond substituents is 1. The molecule has 0 saturated heterocycles. The maximum absolute atomic E-state index is 13.9. The highest BCUT2D eigenvalue weighted by Gasteiger charge is 2.37. The maximum Gasteiger partial charge on any atom is 0.273 e. The predicted molar refractivity (Wildman–Crippen MR) is 136 cm³/mol. The Morgan fingerprint density at radius 3 is 2.23 bits per heavy atom. The lowest BCUT2D eigenvalue weighted by Crippen LogP contribution is -2.50. The number of carbonyl (C=O) groups is 3. The summed E-state index contributed by atoms with van der Waals surface area (Å²) in [7, 11) is 0. The van der Waals surface area contributed by atoms with Gasteiger partial charge >= 0.3 is 0 Å². The maximum atomic E-state index is 13.9. The van der Waals surface area contributed by atoms with Crippen LogP contribution in [-0.2, 0) is 4.79 Å². The number of benzene rings is 2. The second-order valence-electron chi connectivity index (χ2n) is 8.87. The summed E-state index contributed by atoms with van der Waals surface area (Å²) in [5.41, 5.74) is 12.4. The van der Waals surface area contributed by atoms with Crippen LogP contribution in [0, 0.1) is 6.92 Å². The number of rotatable bonds is 8. The van der Waals surface area contributed by atoms with Gasteiger partial charge in [-0.25, -0.2) is 0 Å². The summed E-state index contributed by atoms with van der Waals surface area (Å²) >= 11 is 0.744. The van der Waals surface area contributed by atoms with Crippen LogP contribution in [0.25, 0.3) is 0 Å². The predicted octanol–water partition coefficient (Wildman–Crippen LogP) is 3.53. The molecule has 3 amide bonds. The summed E-state index contributed by atoms with van der Waals surface area (Å²) in [4.78, 5) is 40.7. The van der Waals surface area contributed by atoms with Gasteiger partial charge in [0.25, 0.3) is 11.8 Å². The molecule has 1 atom stereocenters. The minimum absolute atomic E-state index is 0.00861. The fraction of sp³-hybridized carbons (Fsp3) is 0.280. The third kappa shape index (κ3) is 5.60. The van der Waals surface area contributed by atoms with Crippen molar-refractivity contribution in [2.45, 2.75) is 45.7 Å². The van der Waals surface area contributed by atoms with Crippen LogP contribution in [0.2, 0.25) is 0 Å². The Kier molecular flexibility index (Phi) is 7.45. The average molecular weight is 496 g/mol. The van der Waals surface area contributed by atoms with E-state index in [2.05, 4.69) is 9.69 Å². The number of aromatic nitrogens is 1. The standard InChI is InChI=1S/C25H29N5O4S/c1-5-25(3,4)28-23(33)20(15-8-12-17(31)13-9-15)30(16-10-6-14(2)7-11-16)24(34)21-18(26)19(22(27)32)29-35-21/h6-13,20,31H,5,26H2,1-4H3,(H2,27,32)(H,28,33)/t20-/m1/s1. The van der Waals surface area contributed by atoms with Gasteiger partial charge in [-0.3, -0.25) is 19.3 Å². The Morgan fingerprint density at radius 2 is 1.71 bits per heavy atom.